The third-order valence-corrected chi connectivity index (χ3v) is 19.3. The van der Waals surface area contributed by atoms with E-state index in [-0.39, 0.29) is 21.6 Å². The van der Waals surface area contributed by atoms with Crippen molar-refractivity contribution in [2.24, 2.45) is 0 Å². The molecule has 1 aliphatic rings. The van der Waals surface area contributed by atoms with Gasteiger partial charge in [-0.05, 0) is 70.4 Å². The Morgan fingerprint density at radius 2 is 1.48 bits per heavy atom. The lowest BCUT2D eigenvalue weighted by Gasteiger charge is -2.41. The number of carbonyl (C=O) groups excluding carboxylic acids is 4. The van der Waals surface area contributed by atoms with Crippen LogP contribution in [-0.2, 0) is 36.0 Å². The Morgan fingerprint density at radius 1 is 0.940 bits per heavy atom. The number of carbonyl (C=O) groups is 4. The summed E-state index contributed by atoms with van der Waals surface area (Å²) in [6.07, 6.45) is 0.594. The van der Waals surface area contributed by atoms with Crippen LogP contribution < -0.4 is 19.5 Å². The number of hydrogen-bond acceptors (Lipinski definition) is 10. The lowest BCUT2D eigenvalue weighted by atomic mass is 9.94. The number of alkyl carbamates (subject to hydrolysis) is 1. The first-order chi connectivity index (χ1) is 22.7. The van der Waals surface area contributed by atoms with Crippen molar-refractivity contribution in [2.75, 3.05) is 19.5 Å². The molecule has 0 spiro atoms. The highest BCUT2D eigenvalue weighted by atomic mass is 32.2. The predicted octanol–water partition coefficient (Wildman–Crippen LogP) is 7.67. The van der Waals surface area contributed by atoms with Gasteiger partial charge in [-0.1, -0.05) is 54.9 Å². The van der Waals surface area contributed by atoms with Gasteiger partial charge in [0.25, 0.3) is 16.6 Å². The van der Waals surface area contributed by atoms with Crippen LogP contribution in [0.4, 0.5) is 4.79 Å². The zero-order valence-corrected chi connectivity index (χ0v) is 36.1. The number of hydrogen-bond donors (Lipinski definition) is 2. The molecule has 2 amide bonds. The maximum absolute atomic E-state index is 14.4. The van der Waals surface area contributed by atoms with E-state index >= 15 is 0 Å². The van der Waals surface area contributed by atoms with E-state index < -0.39 is 64.9 Å². The molecule has 0 bridgehead atoms. The summed E-state index contributed by atoms with van der Waals surface area (Å²) in [4.78, 5) is 53.5. The first-order valence-electron chi connectivity index (χ1n) is 17.4. The van der Waals surface area contributed by atoms with E-state index in [9.17, 15) is 19.2 Å². The van der Waals surface area contributed by atoms with Gasteiger partial charge in [0, 0.05) is 28.2 Å². The van der Waals surface area contributed by atoms with E-state index in [1.54, 1.807) is 20.8 Å². The van der Waals surface area contributed by atoms with Crippen LogP contribution in [0.2, 0.25) is 36.3 Å². The average molecular weight is 755 g/mol. The second-order valence-corrected chi connectivity index (χ2v) is 27.5. The zero-order valence-electron chi connectivity index (χ0n) is 33.3. The van der Waals surface area contributed by atoms with Gasteiger partial charge < -0.3 is 33.7 Å². The molecule has 2 rings (SSSR count). The fraction of sp³-hybridized carbons (Fsp3) is 0.722. The molecule has 284 valence electrons. The summed E-state index contributed by atoms with van der Waals surface area (Å²) in [5.41, 5.74) is 1.65. The van der Waals surface area contributed by atoms with Crippen molar-refractivity contribution in [3.05, 3.63) is 22.3 Å². The second kappa shape index (κ2) is 16.3. The monoisotopic (exact) mass is 754 g/mol. The van der Waals surface area contributed by atoms with E-state index in [1.807, 2.05) is 6.92 Å². The Hall–Kier alpha value is -2.72. The standard InChI is InChI=1S/C36H62N2O9SSi2/c1-17-18-23-28(46-49(13,14)35(6,7)8)22(2)27-24(29(23)47-50(15,16)36(9,10)11)20-48-21-26(31(40)43-12)37-30(39)25(19-44-32(27)41)38-33(42)45-34(3,4)5/h25-26H,17-21H2,1-16H3,(H,37,39)(H,38,42)/t25-,26-/m0/s1. The molecule has 0 saturated heterocycles. The molecule has 2 atom stereocenters. The van der Waals surface area contributed by atoms with Crippen LogP contribution in [0.1, 0.15) is 103 Å². The van der Waals surface area contributed by atoms with Gasteiger partial charge in [0.05, 0.1) is 12.7 Å². The quantitative estimate of drug-likeness (QED) is 0.155. The van der Waals surface area contributed by atoms with Crippen molar-refractivity contribution in [3.8, 4) is 11.5 Å². The Bertz CT molecular complexity index is 1430. The highest BCUT2D eigenvalue weighted by Gasteiger charge is 2.44. The maximum atomic E-state index is 14.4. The van der Waals surface area contributed by atoms with Gasteiger partial charge in [-0.3, -0.25) is 4.79 Å². The zero-order chi connectivity index (χ0) is 38.6. The molecular formula is C36H62N2O9SSi2. The summed E-state index contributed by atoms with van der Waals surface area (Å²) in [5, 5.41) is 4.89. The molecule has 0 radical (unpaired) electrons. The van der Waals surface area contributed by atoms with Crippen LogP contribution in [-0.4, -0.2) is 77.7 Å². The Balaban J connectivity index is 2.96. The van der Waals surface area contributed by atoms with Gasteiger partial charge >= 0.3 is 18.0 Å². The predicted molar refractivity (Wildman–Crippen MR) is 204 cm³/mol. The van der Waals surface area contributed by atoms with Crippen molar-refractivity contribution in [1.82, 2.24) is 10.6 Å². The Labute approximate surface area is 306 Å². The third-order valence-electron chi connectivity index (χ3n) is 9.59. The molecule has 1 heterocycles. The number of ether oxygens (including phenoxy) is 3. The van der Waals surface area contributed by atoms with Crippen LogP contribution in [0.5, 0.6) is 11.5 Å². The molecule has 11 nitrogen and oxygen atoms in total. The number of rotatable bonds is 8. The topological polar surface area (TPSA) is 138 Å². The highest BCUT2D eigenvalue weighted by Crippen LogP contribution is 2.48. The first-order valence-corrected chi connectivity index (χ1v) is 24.3. The van der Waals surface area contributed by atoms with Crippen molar-refractivity contribution in [2.45, 2.75) is 149 Å². The summed E-state index contributed by atoms with van der Waals surface area (Å²) in [6.45, 7) is 30.2. The second-order valence-electron chi connectivity index (χ2n) is 17.0. The molecule has 2 N–H and O–H groups in total. The lowest BCUT2D eigenvalue weighted by Crippen LogP contribution is -2.55. The van der Waals surface area contributed by atoms with Gasteiger partial charge in [-0.15, -0.1) is 0 Å². The van der Waals surface area contributed by atoms with Crippen LogP contribution in [0.15, 0.2) is 0 Å². The fourth-order valence-electron chi connectivity index (χ4n) is 4.66. The fourth-order valence-corrected chi connectivity index (χ4v) is 7.87. The minimum Gasteiger partial charge on any atom is -0.543 e. The van der Waals surface area contributed by atoms with Crippen molar-refractivity contribution in [1.29, 1.82) is 0 Å². The smallest absolute Gasteiger partial charge is 0.408 e. The number of thioether (sulfide) groups is 1. The first kappa shape index (κ1) is 43.4. The van der Waals surface area contributed by atoms with Crippen molar-refractivity contribution in [3.63, 3.8) is 0 Å². The maximum Gasteiger partial charge on any atom is 0.408 e. The van der Waals surface area contributed by atoms with Gasteiger partial charge in [-0.2, -0.15) is 11.8 Å². The number of benzene rings is 1. The molecule has 1 aromatic rings. The van der Waals surface area contributed by atoms with E-state index in [4.69, 9.17) is 23.1 Å². The SMILES string of the molecule is CCCc1c(O[Si](C)(C)C(C)(C)C)c(C)c2c(c1O[Si](C)(C)C(C)(C)C)CSC[C@@H](C(=O)OC)NC(=O)[C@@H](NC(=O)OC(C)(C)C)COC2=O. The van der Waals surface area contributed by atoms with Gasteiger partial charge in [-0.25, -0.2) is 14.4 Å². The van der Waals surface area contributed by atoms with Crippen LogP contribution in [0.25, 0.3) is 0 Å². The molecular weight excluding hydrogens is 693 g/mol. The van der Waals surface area contributed by atoms with Crippen LogP contribution >= 0.6 is 11.8 Å². The molecule has 1 aliphatic heterocycles. The van der Waals surface area contributed by atoms with Gasteiger partial charge in [0.1, 0.15) is 35.8 Å². The molecule has 0 saturated carbocycles. The molecule has 14 heteroatoms. The van der Waals surface area contributed by atoms with Gasteiger partial charge in [0.15, 0.2) is 0 Å². The Kier molecular flexibility index (Phi) is 14.2. The Morgan fingerprint density at radius 3 is 1.96 bits per heavy atom. The van der Waals surface area contributed by atoms with Gasteiger partial charge in [0.2, 0.25) is 5.91 Å². The largest absolute Gasteiger partial charge is 0.543 e. The third kappa shape index (κ3) is 10.9. The van der Waals surface area contributed by atoms with Crippen molar-refractivity contribution < 1.29 is 42.2 Å². The number of methoxy groups -OCH3 is 1. The number of amides is 2. The minimum atomic E-state index is -2.49. The number of cyclic esters (lactones) is 1. The summed E-state index contributed by atoms with van der Waals surface area (Å²) in [6, 6.07) is -2.40. The molecule has 0 aliphatic carbocycles. The summed E-state index contributed by atoms with van der Waals surface area (Å²) in [5.74, 6) is -0.361. The van der Waals surface area contributed by atoms with Crippen molar-refractivity contribution >= 4 is 52.3 Å². The van der Waals surface area contributed by atoms with Crippen LogP contribution in [0, 0.1) is 6.92 Å². The molecule has 1 aromatic carbocycles. The molecule has 0 aromatic heterocycles. The van der Waals surface area contributed by atoms with E-state index in [0.29, 0.717) is 34.6 Å². The summed E-state index contributed by atoms with van der Waals surface area (Å²) < 4.78 is 30.5. The lowest BCUT2D eigenvalue weighted by molar-refractivity contribution is -0.144. The van der Waals surface area contributed by atoms with E-state index in [2.05, 4.69) is 85.3 Å². The average Bonchev–Trinajstić information content (AvgIpc) is 2.94. The number of nitrogens with one attached hydrogen (secondary N) is 2. The highest BCUT2D eigenvalue weighted by molar-refractivity contribution is 7.98. The van der Waals surface area contributed by atoms with E-state index in [0.717, 1.165) is 12.0 Å². The normalized spacial score (nSPS) is 18.4. The molecule has 50 heavy (non-hydrogen) atoms. The number of esters is 2. The molecule has 0 fully saturated rings. The molecule has 0 unspecified atom stereocenters. The van der Waals surface area contributed by atoms with Crippen LogP contribution in [0.3, 0.4) is 0 Å². The summed E-state index contributed by atoms with van der Waals surface area (Å²) in [7, 11) is -3.67. The number of fused-ring (bicyclic) bond motifs is 1. The summed E-state index contributed by atoms with van der Waals surface area (Å²) >= 11 is 1.36. The minimum absolute atomic E-state index is 0.133. The van der Waals surface area contributed by atoms with E-state index in [1.165, 1.54) is 18.9 Å².